The van der Waals surface area contributed by atoms with Crippen LogP contribution in [0, 0.1) is 0 Å². The zero-order chi connectivity index (χ0) is 11.7. The zero-order valence-corrected chi connectivity index (χ0v) is 9.79. The Labute approximate surface area is 99.4 Å². The highest BCUT2D eigenvalue weighted by molar-refractivity contribution is 6.31. The molecular weight excluding hydrogens is 226 g/mol. The van der Waals surface area contributed by atoms with Crippen LogP contribution < -0.4 is 11.1 Å². The van der Waals surface area contributed by atoms with Gasteiger partial charge in [-0.25, -0.2) is 0 Å². The van der Waals surface area contributed by atoms with Crippen LogP contribution in [0.1, 0.15) is 6.42 Å². The van der Waals surface area contributed by atoms with E-state index in [1.807, 2.05) is 0 Å². The molecule has 1 aliphatic heterocycles. The number of nitrogen functional groups attached to an aromatic ring is 1. The average Bonchev–Trinajstić information content (AvgIpc) is 2.54. The number of anilines is 2. The molecule has 1 aromatic carbocycles. The highest BCUT2D eigenvalue weighted by Gasteiger charge is 2.28. The molecule has 1 aliphatic rings. The summed E-state index contributed by atoms with van der Waals surface area (Å²) in [6, 6.07) is 5.05. The molecule has 1 unspecified atom stereocenters. The molecule has 0 spiro atoms. The van der Waals surface area contributed by atoms with Crippen LogP contribution in [0.4, 0.5) is 11.4 Å². The van der Waals surface area contributed by atoms with Crippen LogP contribution >= 0.6 is 11.6 Å². The van der Waals surface area contributed by atoms with Crippen LogP contribution in [-0.4, -0.2) is 30.4 Å². The molecule has 3 N–H and O–H groups in total. The first kappa shape index (κ1) is 11.1. The maximum atomic E-state index is 11.7. The first-order chi connectivity index (χ1) is 7.58. The molecule has 0 aliphatic carbocycles. The minimum atomic E-state index is -0.173. The number of nitrogens with one attached hydrogen (secondary N) is 1. The normalized spacial score (nSPS) is 20.2. The molecule has 1 fully saturated rings. The van der Waals surface area contributed by atoms with Crippen molar-refractivity contribution in [3.05, 3.63) is 23.2 Å². The molecular formula is C11H14ClN3O. The van der Waals surface area contributed by atoms with E-state index in [0.29, 0.717) is 10.7 Å². The van der Waals surface area contributed by atoms with E-state index in [9.17, 15) is 4.79 Å². The van der Waals surface area contributed by atoms with E-state index < -0.39 is 0 Å². The fourth-order valence-electron chi connectivity index (χ4n) is 1.81. The lowest BCUT2D eigenvalue weighted by Gasteiger charge is -2.15. The molecule has 1 atom stereocenters. The van der Waals surface area contributed by atoms with Gasteiger partial charge in [-0.1, -0.05) is 11.6 Å². The Balaban J connectivity index is 2.12. The van der Waals surface area contributed by atoms with Gasteiger partial charge in [0.1, 0.15) is 6.04 Å². The predicted molar refractivity (Wildman–Crippen MR) is 65.5 cm³/mol. The van der Waals surface area contributed by atoms with E-state index in [1.54, 1.807) is 30.1 Å². The third kappa shape index (κ3) is 2.07. The van der Waals surface area contributed by atoms with Gasteiger partial charge in [0.25, 0.3) is 0 Å². The number of likely N-dealkylation sites (N-methyl/N-ethyl adjacent to an activating group) is 1. The summed E-state index contributed by atoms with van der Waals surface area (Å²) in [5, 5.41) is 3.74. The molecule has 1 heterocycles. The molecule has 16 heavy (non-hydrogen) atoms. The van der Waals surface area contributed by atoms with E-state index >= 15 is 0 Å². The van der Waals surface area contributed by atoms with Gasteiger partial charge < -0.3 is 16.0 Å². The van der Waals surface area contributed by atoms with Crippen molar-refractivity contribution in [2.75, 3.05) is 24.6 Å². The number of benzene rings is 1. The smallest absolute Gasteiger partial charge is 0.244 e. The summed E-state index contributed by atoms with van der Waals surface area (Å²) in [5.74, 6) is 0.106. The SMILES string of the molecule is CN1CCC(Nc2ccc(Cl)cc2N)C1=O. The van der Waals surface area contributed by atoms with Crippen LogP contribution in [0.3, 0.4) is 0 Å². The second-order valence-corrected chi connectivity index (χ2v) is 4.41. The van der Waals surface area contributed by atoms with Crippen LogP contribution in [0.25, 0.3) is 0 Å². The number of rotatable bonds is 2. The number of nitrogens with two attached hydrogens (primary N) is 1. The van der Waals surface area contributed by atoms with Crippen molar-refractivity contribution in [2.24, 2.45) is 0 Å². The summed E-state index contributed by atoms with van der Waals surface area (Å²) < 4.78 is 0. The van der Waals surface area contributed by atoms with E-state index in [-0.39, 0.29) is 11.9 Å². The topological polar surface area (TPSA) is 58.4 Å². The number of hydrogen-bond acceptors (Lipinski definition) is 3. The molecule has 4 nitrogen and oxygen atoms in total. The molecule has 2 rings (SSSR count). The number of hydrogen-bond donors (Lipinski definition) is 2. The Hall–Kier alpha value is -1.42. The third-order valence-corrected chi connectivity index (χ3v) is 3.01. The van der Waals surface area contributed by atoms with Crippen LogP contribution in [0.5, 0.6) is 0 Å². The van der Waals surface area contributed by atoms with Crippen molar-refractivity contribution >= 4 is 28.9 Å². The van der Waals surface area contributed by atoms with Crippen molar-refractivity contribution in [3.63, 3.8) is 0 Å². The molecule has 5 heteroatoms. The second kappa shape index (κ2) is 4.22. The fraction of sp³-hybridized carbons (Fsp3) is 0.364. The summed E-state index contributed by atoms with van der Waals surface area (Å²) in [5.41, 5.74) is 7.13. The minimum absolute atomic E-state index is 0.106. The largest absolute Gasteiger partial charge is 0.397 e. The quantitative estimate of drug-likeness (QED) is 0.771. The lowest BCUT2D eigenvalue weighted by molar-refractivity contribution is -0.127. The van der Waals surface area contributed by atoms with Gasteiger partial charge in [-0.05, 0) is 24.6 Å². The van der Waals surface area contributed by atoms with Gasteiger partial charge in [0.15, 0.2) is 0 Å². The van der Waals surface area contributed by atoms with E-state index in [2.05, 4.69) is 5.32 Å². The van der Waals surface area contributed by atoms with E-state index in [1.165, 1.54) is 0 Å². The highest BCUT2D eigenvalue weighted by Crippen LogP contribution is 2.25. The summed E-state index contributed by atoms with van der Waals surface area (Å²) in [6.07, 6.45) is 0.803. The first-order valence-corrected chi connectivity index (χ1v) is 5.52. The lowest BCUT2D eigenvalue weighted by atomic mass is 10.2. The molecule has 0 saturated carbocycles. The number of halogens is 1. The van der Waals surface area contributed by atoms with Crippen LogP contribution in [-0.2, 0) is 4.79 Å². The predicted octanol–water partition coefficient (Wildman–Crippen LogP) is 1.56. The van der Waals surface area contributed by atoms with Gasteiger partial charge in [0.2, 0.25) is 5.91 Å². The number of carbonyl (C=O) groups is 1. The fourth-order valence-corrected chi connectivity index (χ4v) is 1.99. The number of likely N-dealkylation sites (tertiary alicyclic amines) is 1. The average molecular weight is 240 g/mol. The van der Waals surface area contributed by atoms with Gasteiger partial charge in [0, 0.05) is 18.6 Å². The molecule has 86 valence electrons. The van der Waals surface area contributed by atoms with Crippen LogP contribution in [0.15, 0.2) is 18.2 Å². The van der Waals surface area contributed by atoms with Gasteiger partial charge in [-0.15, -0.1) is 0 Å². The monoisotopic (exact) mass is 239 g/mol. The second-order valence-electron chi connectivity index (χ2n) is 3.98. The van der Waals surface area contributed by atoms with Crippen molar-refractivity contribution in [2.45, 2.75) is 12.5 Å². The molecule has 0 aromatic heterocycles. The Kier molecular flexibility index (Phi) is 2.92. The maximum Gasteiger partial charge on any atom is 0.244 e. The van der Waals surface area contributed by atoms with Crippen molar-refractivity contribution in [1.29, 1.82) is 0 Å². The summed E-state index contributed by atoms with van der Waals surface area (Å²) in [7, 11) is 1.80. The molecule has 1 saturated heterocycles. The zero-order valence-electron chi connectivity index (χ0n) is 9.03. The number of carbonyl (C=O) groups excluding carboxylic acids is 1. The van der Waals surface area contributed by atoms with Gasteiger partial charge in [-0.3, -0.25) is 4.79 Å². The standard InChI is InChI=1S/C11H14ClN3O/c1-15-5-4-10(11(15)16)14-9-3-2-7(12)6-8(9)13/h2-3,6,10,14H,4-5,13H2,1H3. The molecule has 1 aromatic rings. The molecule has 0 bridgehead atoms. The molecule has 1 amide bonds. The van der Waals surface area contributed by atoms with Crippen molar-refractivity contribution in [1.82, 2.24) is 4.90 Å². The molecule has 0 radical (unpaired) electrons. The van der Waals surface area contributed by atoms with Gasteiger partial charge in [-0.2, -0.15) is 0 Å². The van der Waals surface area contributed by atoms with E-state index in [0.717, 1.165) is 18.7 Å². The number of nitrogens with zero attached hydrogens (tertiary/aromatic N) is 1. The lowest BCUT2D eigenvalue weighted by Crippen LogP contribution is -2.31. The highest BCUT2D eigenvalue weighted by atomic mass is 35.5. The summed E-state index contributed by atoms with van der Waals surface area (Å²) >= 11 is 5.80. The Morgan fingerprint density at radius 2 is 2.31 bits per heavy atom. The van der Waals surface area contributed by atoms with Crippen molar-refractivity contribution < 1.29 is 4.79 Å². The minimum Gasteiger partial charge on any atom is -0.397 e. The Morgan fingerprint density at radius 1 is 1.56 bits per heavy atom. The third-order valence-electron chi connectivity index (χ3n) is 2.77. The number of amides is 1. The Bertz CT molecular complexity index is 422. The van der Waals surface area contributed by atoms with Gasteiger partial charge in [0.05, 0.1) is 11.4 Å². The first-order valence-electron chi connectivity index (χ1n) is 5.14. The maximum absolute atomic E-state index is 11.7. The van der Waals surface area contributed by atoms with Crippen LogP contribution in [0.2, 0.25) is 5.02 Å². The summed E-state index contributed by atoms with van der Waals surface area (Å²) in [6.45, 7) is 0.782. The van der Waals surface area contributed by atoms with Crippen molar-refractivity contribution in [3.8, 4) is 0 Å². The Morgan fingerprint density at radius 3 is 2.88 bits per heavy atom. The van der Waals surface area contributed by atoms with Gasteiger partial charge >= 0.3 is 0 Å². The summed E-state index contributed by atoms with van der Waals surface area (Å²) in [4.78, 5) is 13.4. The van der Waals surface area contributed by atoms with E-state index in [4.69, 9.17) is 17.3 Å².